The highest BCUT2D eigenvalue weighted by Gasteiger charge is 2.12. The van der Waals surface area contributed by atoms with E-state index in [0.29, 0.717) is 16.3 Å². The minimum absolute atomic E-state index is 0.0784. The first kappa shape index (κ1) is 14.8. The van der Waals surface area contributed by atoms with Gasteiger partial charge in [-0.3, -0.25) is 0 Å². The van der Waals surface area contributed by atoms with E-state index in [1.165, 1.54) is 12.1 Å². The van der Waals surface area contributed by atoms with Crippen LogP contribution in [-0.4, -0.2) is 0 Å². The van der Waals surface area contributed by atoms with Gasteiger partial charge in [0.2, 0.25) is 0 Å². The third kappa shape index (κ3) is 3.26. The fourth-order valence-corrected chi connectivity index (χ4v) is 2.00. The lowest BCUT2D eigenvalue weighted by atomic mass is 10.1. The van der Waals surface area contributed by atoms with Crippen LogP contribution in [0.4, 0.5) is 8.78 Å². The summed E-state index contributed by atoms with van der Waals surface area (Å²) in [6, 6.07) is 8.72. The Balaban J connectivity index is 2.21. The average molecular weight is 298 g/mol. The second-order valence-electron chi connectivity index (χ2n) is 4.47. The molecule has 0 aliphatic rings. The molecular formula is C15H14ClF2NO. The van der Waals surface area contributed by atoms with Gasteiger partial charge in [0.05, 0.1) is 0 Å². The maximum Gasteiger partial charge on any atom is 0.165 e. The van der Waals surface area contributed by atoms with Crippen molar-refractivity contribution in [2.75, 3.05) is 0 Å². The molecule has 0 heterocycles. The molecule has 0 saturated carbocycles. The number of rotatable bonds is 4. The van der Waals surface area contributed by atoms with Crippen LogP contribution in [0.1, 0.15) is 24.1 Å². The first-order chi connectivity index (χ1) is 9.49. The fourth-order valence-electron chi connectivity index (χ4n) is 1.82. The highest BCUT2D eigenvalue weighted by Crippen LogP contribution is 2.28. The lowest BCUT2D eigenvalue weighted by Crippen LogP contribution is -2.08. The maximum atomic E-state index is 13.5. The van der Waals surface area contributed by atoms with Crippen LogP contribution < -0.4 is 10.5 Å². The van der Waals surface area contributed by atoms with E-state index >= 15 is 0 Å². The van der Waals surface area contributed by atoms with E-state index in [1.54, 1.807) is 25.1 Å². The Hall–Kier alpha value is -1.65. The van der Waals surface area contributed by atoms with E-state index in [4.69, 9.17) is 22.1 Å². The molecule has 2 N–H and O–H groups in total. The lowest BCUT2D eigenvalue weighted by molar-refractivity contribution is 0.293. The molecule has 0 spiro atoms. The Kier molecular flexibility index (Phi) is 4.57. The van der Waals surface area contributed by atoms with Gasteiger partial charge in [-0.2, -0.15) is 0 Å². The summed E-state index contributed by atoms with van der Waals surface area (Å²) < 4.78 is 32.2. The molecule has 106 valence electrons. The van der Waals surface area contributed by atoms with Crippen molar-refractivity contribution < 1.29 is 13.5 Å². The summed E-state index contributed by atoms with van der Waals surface area (Å²) in [4.78, 5) is 0. The van der Waals surface area contributed by atoms with Crippen LogP contribution in [0.2, 0.25) is 5.02 Å². The molecule has 2 aromatic rings. The van der Waals surface area contributed by atoms with Gasteiger partial charge >= 0.3 is 0 Å². The second-order valence-corrected chi connectivity index (χ2v) is 4.91. The molecule has 0 saturated heterocycles. The zero-order valence-corrected chi connectivity index (χ0v) is 11.6. The molecule has 5 heteroatoms. The summed E-state index contributed by atoms with van der Waals surface area (Å²) in [5.41, 5.74) is 6.70. The van der Waals surface area contributed by atoms with Gasteiger partial charge in [-0.15, -0.1) is 0 Å². The lowest BCUT2D eigenvalue weighted by Gasteiger charge is -2.14. The van der Waals surface area contributed by atoms with Crippen LogP contribution in [0.5, 0.6) is 5.75 Å². The Morgan fingerprint density at radius 3 is 2.70 bits per heavy atom. The first-order valence-electron chi connectivity index (χ1n) is 6.09. The summed E-state index contributed by atoms with van der Waals surface area (Å²) in [5.74, 6) is -1.29. The summed E-state index contributed by atoms with van der Waals surface area (Å²) in [7, 11) is 0. The molecule has 0 aliphatic carbocycles. The largest absolute Gasteiger partial charge is 0.488 e. The highest BCUT2D eigenvalue weighted by atomic mass is 35.5. The minimum Gasteiger partial charge on any atom is -0.488 e. The van der Waals surface area contributed by atoms with E-state index in [1.807, 2.05) is 0 Å². The van der Waals surface area contributed by atoms with Gasteiger partial charge in [-0.25, -0.2) is 8.78 Å². The quantitative estimate of drug-likeness (QED) is 0.917. The van der Waals surface area contributed by atoms with E-state index in [0.717, 1.165) is 6.07 Å². The van der Waals surface area contributed by atoms with Gasteiger partial charge in [0.15, 0.2) is 11.6 Å². The molecule has 0 bridgehead atoms. The predicted molar refractivity (Wildman–Crippen MR) is 74.7 cm³/mol. The molecule has 2 rings (SSSR count). The second kappa shape index (κ2) is 6.20. The predicted octanol–water partition coefficient (Wildman–Crippen LogP) is 4.22. The van der Waals surface area contributed by atoms with Crippen molar-refractivity contribution in [3.8, 4) is 5.75 Å². The fraction of sp³-hybridized carbons (Fsp3) is 0.200. The number of nitrogens with two attached hydrogens (primary N) is 1. The maximum absolute atomic E-state index is 13.5. The molecule has 0 unspecified atom stereocenters. The smallest absolute Gasteiger partial charge is 0.165 e. The van der Waals surface area contributed by atoms with Crippen molar-refractivity contribution >= 4 is 11.6 Å². The molecule has 0 amide bonds. The van der Waals surface area contributed by atoms with E-state index in [2.05, 4.69) is 0 Å². The van der Waals surface area contributed by atoms with Crippen molar-refractivity contribution in [2.24, 2.45) is 5.73 Å². The van der Waals surface area contributed by atoms with Crippen LogP contribution in [0, 0.1) is 11.6 Å². The Morgan fingerprint density at radius 1 is 1.25 bits per heavy atom. The van der Waals surface area contributed by atoms with Crippen molar-refractivity contribution in [1.29, 1.82) is 0 Å². The molecule has 0 fully saturated rings. The zero-order valence-electron chi connectivity index (χ0n) is 10.9. The molecule has 2 nitrogen and oxygen atoms in total. The summed E-state index contributed by atoms with van der Waals surface area (Å²) in [6.07, 6.45) is 0. The number of halogens is 3. The SMILES string of the molecule is C[C@@H](N)c1cc(Cl)ccc1OCc1cccc(F)c1F. The monoisotopic (exact) mass is 297 g/mol. The first-order valence-corrected chi connectivity index (χ1v) is 6.47. The Bertz CT molecular complexity index is 617. The molecular weight excluding hydrogens is 284 g/mol. The molecule has 0 aliphatic heterocycles. The van der Waals surface area contributed by atoms with Crippen molar-refractivity contribution in [3.05, 3.63) is 64.2 Å². The number of hydrogen-bond donors (Lipinski definition) is 1. The number of benzene rings is 2. The molecule has 0 aromatic heterocycles. The van der Waals surface area contributed by atoms with E-state index in [9.17, 15) is 8.78 Å². The molecule has 0 radical (unpaired) electrons. The molecule has 1 atom stereocenters. The number of ether oxygens (including phenoxy) is 1. The van der Waals surface area contributed by atoms with Crippen molar-refractivity contribution in [3.63, 3.8) is 0 Å². The standard InChI is InChI=1S/C15H14ClF2NO/c1-9(19)12-7-11(16)5-6-14(12)20-8-10-3-2-4-13(17)15(10)18/h2-7,9H,8,19H2,1H3/t9-/m1/s1. The highest BCUT2D eigenvalue weighted by molar-refractivity contribution is 6.30. The number of hydrogen-bond acceptors (Lipinski definition) is 2. The van der Waals surface area contributed by atoms with Crippen LogP contribution in [-0.2, 0) is 6.61 Å². The van der Waals surface area contributed by atoms with Crippen molar-refractivity contribution in [1.82, 2.24) is 0 Å². The van der Waals surface area contributed by atoms with Crippen LogP contribution >= 0.6 is 11.6 Å². The molecule has 2 aromatic carbocycles. The summed E-state index contributed by atoms with van der Waals surface area (Å²) in [6.45, 7) is 1.71. The van der Waals surface area contributed by atoms with Gasteiger partial charge in [-0.05, 0) is 31.2 Å². The van der Waals surface area contributed by atoms with Gasteiger partial charge in [-0.1, -0.05) is 23.7 Å². The Labute approximate surface area is 121 Å². The van der Waals surface area contributed by atoms with Gasteiger partial charge in [0.1, 0.15) is 12.4 Å². The van der Waals surface area contributed by atoms with Gasteiger partial charge in [0, 0.05) is 22.2 Å². The summed E-state index contributed by atoms with van der Waals surface area (Å²) in [5, 5.41) is 0.543. The normalized spacial score (nSPS) is 12.2. The van der Waals surface area contributed by atoms with Crippen LogP contribution in [0.3, 0.4) is 0 Å². The topological polar surface area (TPSA) is 35.2 Å². The van der Waals surface area contributed by atoms with E-state index in [-0.39, 0.29) is 18.2 Å². The summed E-state index contributed by atoms with van der Waals surface area (Å²) >= 11 is 5.90. The third-order valence-corrected chi connectivity index (χ3v) is 3.11. The van der Waals surface area contributed by atoms with E-state index < -0.39 is 11.6 Å². The minimum atomic E-state index is -0.899. The average Bonchev–Trinajstić information content (AvgIpc) is 2.41. The Morgan fingerprint density at radius 2 is 2.00 bits per heavy atom. The van der Waals surface area contributed by atoms with Crippen molar-refractivity contribution in [2.45, 2.75) is 19.6 Å². The van der Waals surface area contributed by atoms with Gasteiger partial charge < -0.3 is 10.5 Å². The zero-order chi connectivity index (χ0) is 14.7. The third-order valence-electron chi connectivity index (χ3n) is 2.88. The van der Waals surface area contributed by atoms with Crippen LogP contribution in [0.25, 0.3) is 0 Å². The van der Waals surface area contributed by atoms with Crippen LogP contribution in [0.15, 0.2) is 36.4 Å². The molecule has 20 heavy (non-hydrogen) atoms. The van der Waals surface area contributed by atoms with Gasteiger partial charge in [0.25, 0.3) is 0 Å².